The molecule has 0 spiro atoms. The van der Waals surface area contributed by atoms with Crippen LogP contribution in [0.25, 0.3) is 11.3 Å². The van der Waals surface area contributed by atoms with E-state index in [0.29, 0.717) is 11.4 Å². The van der Waals surface area contributed by atoms with Crippen LogP contribution in [0.4, 0.5) is 5.69 Å². The fourth-order valence-electron chi connectivity index (χ4n) is 3.83. The Morgan fingerprint density at radius 3 is 2.47 bits per heavy atom. The van der Waals surface area contributed by atoms with Gasteiger partial charge in [-0.15, -0.1) is 11.3 Å². The van der Waals surface area contributed by atoms with E-state index in [1.54, 1.807) is 28.4 Å². The molecule has 1 atom stereocenters. The number of fused-ring (bicyclic) bond motifs is 1. The SMILES string of the molecule is Cc1ccc(-c2n[nH]c3c2[C@@H](c2cccs2)N(c2ccc(C(=O)O)cc2)C3=O)cc1. The zero-order valence-electron chi connectivity index (χ0n) is 16.0. The summed E-state index contributed by atoms with van der Waals surface area (Å²) in [5.74, 6) is -1.18. The number of hydrogen-bond donors (Lipinski definition) is 2. The number of aromatic carboxylic acids is 1. The highest BCUT2D eigenvalue weighted by Gasteiger charge is 2.43. The number of carbonyl (C=O) groups excluding carboxylic acids is 1. The number of benzene rings is 2. The average molecular weight is 415 g/mol. The number of H-pyrrole nitrogens is 1. The van der Waals surface area contributed by atoms with Gasteiger partial charge in [-0.1, -0.05) is 35.9 Å². The Bertz CT molecular complexity index is 1240. The maximum absolute atomic E-state index is 13.4. The van der Waals surface area contributed by atoms with Crippen LogP contribution < -0.4 is 4.90 Å². The lowest BCUT2D eigenvalue weighted by Crippen LogP contribution is -2.28. The molecule has 2 aromatic carbocycles. The molecule has 30 heavy (non-hydrogen) atoms. The van der Waals surface area contributed by atoms with E-state index >= 15 is 0 Å². The first-order chi connectivity index (χ1) is 14.5. The first-order valence-corrected chi connectivity index (χ1v) is 10.3. The summed E-state index contributed by atoms with van der Waals surface area (Å²) >= 11 is 1.57. The minimum Gasteiger partial charge on any atom is -0.478 e. The maximum Gasteiger partial charge on any atom is 0.335 e. The average Bonchev–Trinajstić information content (AvgIpc) is 3.47. The van der Waals surface area contributed by atoms with Gasteiger partial charge >= 0.3 is 5.97 Å². The Balaban J connectivity index is 1.66. The van der Waals surface area contributed by atoms with Crippen molar-refractivity contribution in [2.24, 2.45) is 0 Å². The second-order valence-corrected chi connectivity index (χ2v) is 8.15. The molecule has 0 saturated heterocycles. The molecule has 1 aliphatic rings. The predicted octanol–water partition coefficient (Wildman–Crippen LogP) is 4.89. The molecule has 0 saturated carbocycles. The quantitative estimate of drug-likeness (QED) is 0.497. The van der Waals surface area contributed by atoms with Gasteiger partial charge in [-0.05, 0) is 42.6 Å². The molecule has 5 rings (SSSR count). The van der Waals surface area contributed by atoms with Gasteiger partial charge in [0, 0.05) is 21.7 Å². The van der Waals surface area contributed by atoms with Gasteiger partial charge in [0.15, 0.2) is 0 Å². The van der Waals surface area contributed by atoms with Crippen molar-refractivity contribution in [2.45, 2.75) is 13.0 Å². The molecule has 3 heterocycles. The largest absolute Gasteiger partial charge is 0.478 e. The van der Waals surface area contributed by atoms with Gasteiger partial charge in [-0.2, -0.15) is 5.10 Å². The second-order valence-electron chi connectivity index (χ2n) is 7.17. The van der Waals surface area contributed by atoms with E-state index in [-0.39, 0.29) is 17.5 Å². The molecule has 6 nitrogen and oxygen atoms in total. The Morgan fingerprint density at radius 1 is 1.10 bits per heavy atom. The summed E-state index contributed by atoms with van der Waals surface area (Å²) in [6.07, 6.45) is 0. The summed E-state index contributed by atoms with van der Waals surface area (Å²) in [5.41, 5.74) is 4.97. The van der Waals surface area contributed by atoms with Gasteiger partial charge in [0.05, 0.1) is 11.3 Å². The van der Waals surface area contributed by atoms with E-state index in [1.807, 2.05) is 48.7 Å². The molecule has 0 aliphatic carbocycles. The third-order valence-electron chi connectivity index (χ3n) is 5.30. The number of amides is 1. The number of aromatic amines is 1. The van der Waals surface area contributed by atoms with Crippen molar-refractivity contribution in [2.75, 3.05) is 4.90 Å². The van der Waals surface area contributed by atoms with Crippen molar-refractivity contribution < 1.29 is 14.7 Å². The lowest BCUT2D eigenvalue weighted by Gasteiger charge is -2.25. The molecule has 0 bridgehead atoms. The number of carbonyl (C=O) groups is 2. The van der Waals surface area contributed by atoms with Crippen LogP contribution in [0, 0.1) is 6.92 Å². The topological polar surface area (TPSA) is 86.3 Å². The first-order valence-electron chi connectivity index (χ1n) is 9.40. The summed E-state index contributed by atoms with van der Waals surface area (Å²) < 4.78 is 0. The number of nitrogens with zero attached hydrogens (tertiary/aromatic N) is 2. The number of anilines is 1. The zero-order valence-corrected chi connectivity index (χ0v) is 16.8. The van der Waals surface area contributed by atoms with E-state index in [1.165, 1.54) is 12.1 Å². The number of rotatable bonds is 4. The zero-order chi connectivity index (χ0) is 20.8. The molecule has 1 amide bonds. The number of hydrogen-bond acceptors (Lipinski definition) is 4. The molecule has 2 aromatic heterocycles. The van der Waals surface area contributed by atoms with Gasteiger partial charge in [0.25, 0.3) is 5.91 Å². The fraction of sp³-hybridized carbons (Fsp3) is 0.0870. The van der Waals surface area contributed by atoms with Crippen molar-refractivity contribution in [3.05, 3.63) is 93.3 Å². The Morgan fingerprint density at radius 2 is 1.83 bits per heavy atom. The van der Waals surface area contributed by atoms with E-state index in [9.17, 15) is 14.7 Å². The van der Waals surface area contributed by atoms with E-state index in [0.717, 1.165) is 27.3 Å². The lowest BCUT2D eigenvalue weighted by molar-refractivity contribution is 0.0696. The monoisotopic (exact) mass is 415 g/mol. The second kappa shape index (κ2) is 6.96. The summed E-state index contributed by atoms with van der Waals surface area (Å²) in [7, 11) is 0. The van der Waals surface area contributed by atoms with Crippen LogP contribution in [0.2, 0.25) is 0 Å². The van der Waals surface area contributed by atoms with Crippen LogP contribution in [-0.4, -0.2) is 27.2 Å². The lowest BCUT2D eigenvalue weighted by atomic mass is 10.00. The fourth-order valence-corrected chi connectivity index (χ4v) is 4.65. The van der Waals surface area contributed by atoms with Crippen LogP contribution in [0.5, 0.6) is 0 Å². The Hall–Kier alpha value is -3.71. The van der Waals surface area contributed by atoms with Gasteiger partial charge in [0.2, 0.25) is 0 Å². The van der Waals surface area contributed by atoms with Gasteiger partial charge in [0.1, 0.15) is 11.7 Å². The number of carboxylic acids is 1. The predicted molar refractivity (Wildman–Crippen MR) is 115 cm³/mol. The summed E-state index contributed by atoms with van der Waals surface area (Å²) in [6.45, 7) is 2.03. The van der Waals surface area contributed by atoms with Crippen LogP contribution in [0.1, 0.15) is 42.9 Å². The van der Waals surface area contributed by atoms with Crippen LogP contribution in [0.3, 0.4) is 0 Å². The van der Waals surface area contributed by atoms with Crippen molar-refractivity contribution in [3.63, 3.8) is 0 Å². The van der Waals surface area contributed by atoms with E-state index in [2.05, 4.69) is 10.2 Å². The highest BCUT2D eigenvalue weighted by molar-refractivity contribution is 7.10. The molecular formula is C23H17N3O3S. The normalized spacial score (nSPS) is 15.4. The molecule has 1 aliphatic heterocycles. The van der Waals surface area contributed by atoms with Crippen LogP contribution >= 0.6 is 11.3 Å². The minimum atomic E-state index is -1.000. The number of carboxylic acid groups (broad SMARTS) is 1. The standard InChI is InChI=1S/C23H17N3O3S/c1-13-4-6-14(7-5-13)19-18-20(25-24-19)22(27)26(21(18)17-3-2-12-30-17)16-10-8-15(9-11-16)23(28)29/h2-12,21H,1H3,(H,24,25)(H,28,29)/t21-/m1/s1. The van der Waals surface area contributed by atoms with E-state index < -0.39 is 5.97 Å². The van der Waals surface area contributed by atoms with Crippen molar-refractivity contribution in [1.29, 1.82) is 0 Å². The van der Waals surface area contributed by atoms with E-state index in [4.69, 9.17) is 0 Å². The van der Waals surface area contributed by atoms with Crippen LogP contribution in [-0.2, 0) is 0 Å². The van der Waals surface area contributed by atoms with Crippen molar-refractivity contribution >= 4 is 28.9 Å². The highest BCUT2D eigenvalue weighted by Crippen LogP contribution is 2.46. The minimum absolute atomic E-state index is 0.179. The number of aryl methyl sites for hydroxylation is 1. The van der Waals surface area contributed by atoms with Gasteiger partial charge in [-0.25, -0.2) is 4.79 Å². The summed E-state index contributed by atoms with van der Waals surface area (Å²) in [5, 5.41) is 18.6. The maximum atomic E-state index is 13.4. The van der Waals surface area contributed by atoms with Crippen molar-refractivity contribution in [1.82, 2.24) is 10.2 Å². The summed E-state index contributed by atoms with van der Waals surface area (Å²) in [6, 6.07) is 18.1. The molecule has 0 unspecified atom stereocenters. The molecule has 2 N–H and O–H groups in total. The summed E-state index contributed by atoms with van der Waals surface area (Å²) in [4.78, 5) is 27.3. The first kappa shape index (κ1) is 18.3. The molecular weight excluding hydrogens is 398 g/mol. The third kappa shape index (κ3) is 2.83. The smallest absolute Gasteiger partial charge is 0.335 e. The molecule has 148 valence electrons. The number of aromatic nitrogens is 2. The highest BCUT2D eigenvalue weighted by atomic mass is 32.1. The molecule has 0 radical (unpaired) electrons. The Labute approximate surface area is 176 Å². The number of nitrogens with one attached hydrogen (secondary N) is 1. The molecule has 4 aromatic rings. The molecule has 7 heteroatoms. The molecule has 0 fully saturated rings. The third-order valence-corrected chi connectivity index (χ3v) is 6.22. The van der Waals surface area contributed by atoms with Gasteiger partial charge in [-0.3, -0.25) is 14.8 Å². The van der Waals surface area contributed by atoms with Crippen molar-refractivity contribution in [3.8, 4) is 11.3 Å². The van der Waals surface area contributed by atoms with Gasteiger partial charge < -0.3 is 5.11 Å². The number of thiophene rings is 1. The Kier molecular flexibility index (Phi) is 4.25. The van der Waals surface area contributed by atoms with Crippen LogP contribution in [0.15, 0.2) is 66.0 Å².